The average molecular weight is 274 g/mol. The minimum absolute atomic E-state index is 0.148. The number of hydrogen-bond acceptors (Lipinski definition) is 4. The van der Waals surface area contributed by atoms with Gasteiger partial charge >= 0.3 is 0 Å². The number of hydrogen-bond donors (Lipinski definition) is 3. The van der Waals surface area contributed by atoms with Crippen molar-refractivity contribution in [3.8, 4) is 5.75 Å². The summed E-state index contributed by atoms with van der Waals surface area (Å²) in [5.74, 6) is -3.60. The van der Waals surface area contributed by atoms with Crippen molar-refractivity contribution in [1.29, 1.82) is 0 Å². The molecule has 1 aromatic rings. The lowest BCUT2D eigenvalue weighted by molar-refractivity contribution is -0.0462. The fourth-order valence-corrected chi connectivity index (χ4v) is 1.34. The van der Waals surface area contributed by atoms with Crippen molar-refractivity contribution < 1.29 is 23.4 Å². The molecule has 0 fully saturated rings. The molecular weight excluding hydrogens is 258 g/mol. The quantitative estimate of drug-likeness (QED) is 0.676. The van der Waals surface area contributed by atoms with Crippen molar-refractivity contribution in [2.75, 3.05) is 25.5 Å². The molecule has 0 atom stereocenters. The second kappa shape index (κ2) is 6.33. The number of aliphatic hydroxyl groups excluding tert-OH is 1. The number of benzene rings is 1. The summed E-state index contributed by atoms with van der Waals surface area (Å²) < 4.78 is 30.7. The summed E-state index contributed by atoms with van der Waals surface area (Å²) >= 11 is 0. The van der Waals surface area contributed by atoms with E-state index in [-0.39, 0.29) is 11.3 Å². The van der Waals surface area contributed by atoms with Crippen molar-refractivity contribution in [2.24, 2.45) is 0 Å². The molecular formula is C12H16F2N2O3. The van der Waals surface area contributed by atoms with E-state index in [1.807, 2.05) is 5.32 Å². The molecule has 7 heteroatoms. The zero-order chi connectivity index (χ0) is 14.5. The Kier molecular flexibility index (Phi) is 5.05. The van der Waals surface area contributed by atoms with E-state index in [2.05, 4.69) is 0 Å². The van der Waals surface area contributed by atoms with E-state index in [1.54, 1.807) is 6.92 Å². The van der Waals surface area contributed by atoms with Crippen LogP contribution in [0.25, 0.3) is 0 Å². The number of alkyl halides is 2. The highest BCUT2D eigenvalue weighted by Crippen LogP contribution is 2.22. The molecule has 0 aromatic heterocycles. The highest BCUT2D eigenvalue weighted by atomic mass is 19.3. The lowest BCUT2D eigenvalue weighted by atomic mass is 10.1. The molecule has 0 saturated heterocycles. The predicted octanol–water partition coefficient (Wildman–Crippen LogP) is 1.02. The van der Waals surface area contributed by atoms with Crippen LogP contribution in [0.1, 0.15) is 17.3 Å². The molecule has 0 unspecified atom stereocenters. The SMILES string of the molecule is CCOc1ccc(C(=O)NCC(F)(F)CO)cc1N. The van der Waals surface area contributed by atoms with Gasteiger partial charge in [-0.05, 0) is 25.1 Å². The van der Waals surface area contributed by atoms with E-state index in [9.17, 15) is 13.6 Å². The number of nitrogen functional groups attached to an aromatic ring is 1. The normalized spacial score (nSPS) is 11.2. The van der Waals surface area contributed by atoms with Gasteiger partial charge in [0.05, 0.1) is 18.8 Å². The minimum Gasteiger partial charge on any atom is -0.492 e. The molecule has 0 radical (unpaired) electrons. The molecule has 0 heterocycles. The maximum Gasteiger partial charge on any atom is 0.287 e. The fourth-order valence-electron chi connectivity index (χ4n) is 1.34. The largest absolute Gasteiger partial charge is 0.492 e. The minimum atomic E-state index is -3.34. The van der Waals surface area contributed by atoms with Gasteiger partial charge < -0.3 is 20.9 Å². The lowest BCUT2D eigenvalue weighted by Gasteiger charge is -2.14. The number of carbonyl (C=O) groups excluding carboxylic acids is 1. The number of anilines is 1. The molecule has 106 valence electrons. The molecule has 1 aromatic carbocycles. The number of nitrogens with two attached hydrogens (primary N) is 1. The number of nitrogens with one attached hydrogen (secondary N) is 1. The summed E-state index contributed by atoms with van der Waals surface area (Å²) in [6.45, 7) is -0.0381. The van der Waals surface area contributed by atoms with Gasteiger partial charge in [-0.1, -0.05) is 0 Å². The van der Waals surface area contributed by atoms with Gasteiger partial charge in [0, 0.05) is 5.56 Å². The zero-order valence-corrected chi connectivity index (χ0v) is 10.5. The highest BCUT2D eigenvalue weighted by molar-refractivity contribution is 5.95. The van der Waals surface area contributed by atoms with Crippen molar-refractivity contribution in [2.45, 2.75) is 12.8 Å². The number of rotatable bonds is 6. The first-order valence-electron chi connectivity index (χ1n) is 5.69. The van der Waals surface area contributed by atoms with E-state index in [0.717, 1.165) is 0 Å². The van der Waals surface area contributed by atoms with Gasteiger partial charge in [-0.15, -0.1) is 0 Å². The maximum atomic E-state index is 12.8. The van der Waals surface area contributed by atoms with Gasteiger partial charge in [0.2, 0.25) is 0 Å². The van der Waals surface area contributed by atoms with Crippen molar-refractivity contribution in [3.63, 3.8) is 0 Å². The van der Waals surface area contributed by atoms with Crippen molar-refractivity contribution >= 4 is 11.6 Å². The summed E-state index contributed by atoms with van der Waals surface area (Å²) in [5.41, 5.74) is 6.06. The molecule has 0 aliphatic rings. The van der Waals surface area contributed by atoms with Gasteiger partial charge in [-0.2, -0.15) is 0 Å². The van der Waals surface area contributed by atoms with Crippen LogP contribution in [0.15, 0.2) is 18.2 Å². The third-order valence-corrected chi connectivity index (χ3v) is 2.31. The zero-order valence-electron chi connectivity index (χ0n) is 10.5. The Balaban J connectivity index is 2.70. The Bertz CT molecular complexity index is 453. The summed E-state index contributed by atoms with van der Waals surface area (Å²) in [5, 5.41) is 10.4. The van der Waals surface area contributed by atoms with Crippen molar-refractivity contribution in [1.82, 2.24) is 5.32 Å². The molecule has 0 aliphatic heterocycles. The molecule has 4 N–H and O–H groups in total. The molecule has 1 amide bonds. The Morgan fingerprint density at radius 2 is 2.21 bits per heavy atom. The smallest absolute Gasteiger partial charge is 0.287 e. The van der Waals surface area contributed by atoms with Crippen LogP contribution >= 0.6 is 0 Å². The molecule has 0 aliphatic carbocycles. The summed E-state index contributed by atoms with van der Waals surface area (Å²) in [7, 11) is 0. The van der Waals surface area contributed by atoms with E-state index >= 15 is 0 Å². The van der Waals surface area contributed by atoms with Crippen LogP contribution in [-0.2, 0) is 0 Å². The van der Waals surface area contributed by atoms with Crippen LogP contribution in [-0.4, -0.2) is 36.7 Å². The van der Waals surface area contributed by atoms with Crippen molar-refractivity contribution in [3.05, 3.63) is 23.8 Å². The predicted molar refractivity (Wildman–Crippen MR) is 66.4 cm³/mol. The number of carbonyl (C=O) groups is 1. The fraction of sp³-hybridized carbons (Fsp3) is 0.417. The van der Waals surface area contributed by atoms with Gasteiger partial charge in [0.25, 0.3) is 11.8 Å². The van der Waals surface area contributed by atoms with Crippen LogP contribution in [0.5, 0.6) is 5.75 Å². The number of ether oxygens (including phenoxy) is 1. The van der Waals surface area contributed by atoms with E-state index in [0.29, 0.717) is 12.4 Å². The van der Waals surface area contributed by atoms with Gasteiger partial charge in [0.15, 0.2) is 0 Å². The Morgan fingerprint density at radius 3 is 2.74 bits per heavy atom. The standard InChI is InChI=1S/C12H16F2N2O3/c1-2-19-10-4-3-8(5-9(10)15)11(18)16-6-12(13,14)7-17/h3-5,17H,2,6-7,15H2,1H3,(H,16,18). The van der Waals surface area contributed by atoms with Gasteiger partial charge in [-0.3, -0.25) is 4.79 Å². The Morgan fingerprint density at radius 1 is 1.53 bits per heavy atom. The molecule has 19 heavy (non-hydrogen) atoms. The molecule has 1 rings (SSSR count). The van der Waals surface area contributed by atoms with Crippen LogP contribution in [0, 0.1) is 0 Å². The number of aliphatic hydroxyl groups is 1. The third-order valence-electron chi connectivity index (χ3n) is 2.31. The first kappa shape index (κ1) is 15.2. The second-order valence-electron chi connectivity index (χ2n) is 3.88. The topological polar surface area (TPSA) is 84.6 Å². The molecule has 0 bridgehead atoms. The van der Waals surface area contributed by atoms with Crippen LogP contribution in [0.2, 0.25) is 0 Å². The van der Waals surface area contributed by atoms with Gasteiger partial charge in [0.1, 0.15) is 12.4 Å². The van der Waals surface area contributed by atoms with E-state index in [4.69, 9.17) is 15.6 Å². The van der Waals surface area contributed by atoms with E-state index in [1.165, 1.54) is 18.2 Å². The second-order valence-corrected chi connectivity index (χ2v) is 3.88. The lowest BCUT2D eigenvalue weighted by Crippen LogP contribution is -2.39. The van der Waals surface area contributed by atoms with Crippen LogP contribution in [0.3, 0.4) is 0 Å². The summed E-state index contributed by atoms with van der Waals surface area (Å²) in [6, 6.07) is 4.27. The average Bonchev–Trinajstić information content (AvgIpc) is 2.38. The summed E-state index contributed by atoms with van der Waals surface area (Å²) in [6.07, 6.45) is 0. The number of halogens is 2. The Hall–Kier alpha value is -1.89. The summed E-state index contributed by atoms with van der Waals surface area (Å²) in [4.78, 5) is 11.6. The molecule has 0 spiro atoms. The van der Waals surface area contributed by atoms with Crippen LogP contribution < -0.4 is 15.8 Å². The Labute approximate surface area is 109 Å². The monoisotopic (exact) mass is 274 g/mol. The molecule has 5 nitrogen and oxygen atoms in total. The highest BCUT2D eigenvalue weighted by Gasteiger charge is 2.28. The van der Waals surface area contributed by atoms with Crippen LogP contribution in [0.4, 0.5) is 14.5 Å². The molecule has 0 saturated carbocycles. The first-order chi connectivity index (χ1) is 8.89. The number of amides is 1. The third kappa shape index (κ3) is 4.36. The first-order valence-corrected chi connectivity index (χ1v) is 5.69. The maximum absolute atomic E-state index is 12.8. The van der Waals surface area contributed by atoms with Gasteiger partial charge in [-0.25, -0.2) is 8.78 Å². The van der Waals surface area contributed by atoms with E-state index < -0.39 is 25.0 Å².